The highest BCUT2D eigenvalue weighted by Gasteiger charge is 2.45. The summed E-state index contributed by atoms with van der Waals surface area (Å²) in [6, 6.07) is 9.00. The van der Waals surface area contributed by atoms with E-state index in [0.29, 0.717) is 5.41 Å². The number of fused-ring (bicyclic) bond motifs is 3. The molecule has 174 valence electrons. The van der Waals surface area contributed by atoms with E-state index in [1.54, 1.807) is 0 Å². The number of nitrogens with zero attached hydrogens (tertiary/aromatic N) is 5. The number of guanidine groups is 1. The molecule has 1 aromatic heterocycles. The van der Waals surface area contributed by atoms with Gasteiger partial charge in [0.05, 0.1) is 0 Å². The van der Waals surface area contributed by atoms with Crippen molar-refractivity contribution in [2.45, 2.75) is 83.1 Å². The van der Waals surface area contributed by atoms with Crippen molar-refractivity contribution >= 4 is 35.6 Å². The van der Waals surface area contributed by atoms with Crippen molar-refractivity contribution in [3.8, 4) is 0 Å². The minimum Gasteiger partial charge on any atom is -0.356 e. The Balaban J connectivity index is 0.00000245. The van der Waals surface area contributed by atoms with Gasteiger partial charge in [-0.2, -0.15) is 0 Å². The van der Waals surface area contributed by atoms with Crippen LogP contribution in [0.25, 0.3) is 0 Å². The smallest absolute Gasteiger partial charge is 0.198 e. The molecule has 1 N–H and O–H groups in total. The van der Waals surface area contributed by atoms with Crippen molar-refractivity contribution < 1.29 is 0 Å². The van der Waals surface area contributed by atoms with Crippen molar-refractivity contribution in [3.63, 3.8) is 0 Å². The molecule has 1 spiro atoms. The van der Waals surface area contributed by atoms with Gasteiger partial charge in [-0.1, -0.05) is 37.5 Å². The van der Waals surface area contributed by atoms with Crippen molar-refractivity contribution in [2.75, 3.05) is 24.5 Å². The monoisotopic (exact) mass is 548 g/mol. The van der Waals surface area contributed by atoms with Gasteiger partial charge in [0.1, 0.15) is 11.6 Å². The van der Waals surface area contributed by atoms with E-state index in [1.807, 2.05) is 0 Å². The fraction of sp³-hybridized carbons (Fsp3) is 0.640. The standard InChI is InChI=1S/C25H36N6.HI/c1-2-26-24(27-17-10-14-23-29-28-22-13-4-3-9-18-30(22)23)31-19-25(15-7-8-16-25)20-11-5-6-12-21(20)31;/h5-6,11-12H,2-4,7-10,13-19H2,1H3,(H,26,27);1H. The van der Waals surface area contributed by atoms with Gasteiger partial charge in [-0.15, -0.1) is 34.2 Å². The number of para-hydroxylation sites is 1. The summed E-state index contributed by atoms with van der Waals surface area (Å²) in [6.07, 6.45) is 12.1. The molecule has 0 bridgehead atoms. The predicted molar refractivity (Wildman–Crippen MR) is 141 cm³/mol. The average molecular weight is 549 g/mol. The molecule has 32 heavy (non-hydrogen) atoms. The van der Waals surface area contributed by atoms with E-state index < -0.39 is 0 Å². The number of aliphatic imine (C=N–C) groups is 1. The second-order valence-electron chi connectivity index (χ2n) is 9.42. The molecule has 2 aromatic rings. The first-order chi connectivity index (χ1) is 15.3. The van der Waals surface area contributed by atoms with Gasteiger partial charge in [-0.05, 0) is 50.7 Å². The number of hydrogen-bond acceptors (Lipinski definition) is 3. The van der Waals surface area contributed by atoms with Crippen LogP contribution >= 0.6 is 24.0 Å². The topological polar surface area (TPSA) is 58.3 Å². The summed E-state index contributed by atoms with van der Waals surface area (Å²) in [5.74, 6) is 3.37. The third-order valence-electron chi connectivity index (χ3n) is 7.38. The fourth-order valence-electron chi connectivity index (χ4n) is 5.85. The van der Waals surface area contributed by atoms with Crippen LogP contribution in [-0.2, 0) is 24.8 Å². The number of rotatable bonds is 5. The number of aromatic nitrogens is 3. The third kappa shape index (κ3) is 4.54. The molecule has 1 aromatic carbocycles. The van der Waals surface area contributed by atoms with Gasteiger partial charge < -0.3 is 14.8 Å². The number of anilines is 1. The van der Waals surface area contributed by atoms with Crippen LogP contribution in [0.1, 0.15) is 75.5 Å². The second-order valence-corrected chi connectivity index (χ2v) is 9.42. The molecule has 3 heterocycles. The van der Waals surface area contributed by atoms with Crippen LogP contribution in [0.5, 0.6) is 0 Å². The number of halogens is 1. The summed E-state index contributed by atoms with van der Waals surface area (Å²) in [6.45, 7) is 6.01. The fourth-order valence-corrected chi connectivity index (χ4v) is 5.85. The van der Waals surface area contributed by atoms with Gasteiger partial charge in [0.2, 0.25) is 0 Å². The Labute approximate surface area is 209 Å². The van der Waals surface area contributed by atoms with Crippen LogP contribution in [0.15, 0.2) is 29.3 Å². The maximum Gasteiger partial charge on any atom is 0.198 e. The maximum atomic E-state index is 5.05. The first-order valence-electron chi connectivity index (χ1n) is 12.4. The molecule has 5 rings (SSSR count). The minimum atomic E-state index is 0. The maximum absolute atomic E-state index is 5.05. The molecule has 0 amide bonds. The Morgan fingerprint density at radius 3 is 2.78 bits per heavy atom. The van der Waals surface area contributed by atoms with Crippen LogP contribution in [0.4, 0.5) is 5.69 Å². The van der Waals surface area contributed by atoms with Crippen LogP contribution in [-0.4, -0.2) is 40.4 Å². The van der Waals surface area contributed by atoms with E-state index in [-0.39, 0.29) is 24.0 Å². The van der Waals surface area contributed by atoms with Crippen LogP contribution in [0, 0.1) is 0 Å². The second kappa shape index (κ2) is 10.5. The number of benzene rings is 1. The van der Waals surface area contributed by atoms with Gasteiger partial charge in [0.15, 0.2) is 5.96 Å². The van der Waals surface area contributed by atoms with Gasteiger partial charge >= 0.3 is 0 Å². The lowest BCUT2D eigenvalue weighted by Gasteiger charge is -2.26. The summed E-state index contributed by atoms with van der Waals surface area (Å²) in [5.41, 5.74) is 3.21. The lowest BCUT2D eigenvalue weighted by molar-refractivity contribution is 0.478. The summed E-state index contributed by atoms with van der Waals surface area (Å²) >= 11 is 0. The highest BCUT2D eigenvalue weighted by Crippen LogP contribution is 2.50. The molecular weight excluding hydrogens is 511 g/mol. The third-order valence-corrected chi connectivity index (χ3v) is 7.38. The number of nitrogens with one attached hydrogen (secondary N) is 1. The zero-order chi connectivity index (χ0) is 21.1. The first-order valence-corrected chi connectivity index (χ1v) is 12.4. The molecule has 0 saturated heterocycles. The highest BCUT2D eigenvalue weighted by atomic mass is 127. The molecule has 2 aliphatic heterocycles. The molecule has 1 saturated carbocycles. The van der Waals surface area contributed by atoms with E-state index in [2.05, 4.69) is 56.2 Å². The molecule has 6 nitrogen and oxygen atoms in total. The van der Waals surface area contributed by atoms with Crippen LogP contribution < -0.4 is 10.2 Å². The predicted octanol–water partition coefficient (Wildman–Crippen LogP) is 4.85. The Bertz CT molecular complexity index is 930. The highest BCUT2D eigenvalue weighted by molar-refractivity contribution is 14.0. The molecular formula is C25H37IN6. The van der Waals surface area contributed by atoms with E-state index in [4.69, 9.17) is 4.99 Å². The van der Waals surface area contributed by atoms with Crippen LogP contribution in [0.3, 0.4) is 0 Å². The van der Waals surface area contributed by atoms with Crippen molar-refractivity contribution in [2.24, 2.45) is 4.99 Å². The Morgan fingerprint density at radius 1 is 1.09 bits per heavy atom. The molecule has 7 heteroatoms. The van der Waals surface area contributed by atoms with Crippen molar-refractivity contribution in [1.82, 2.24) is 20.1 Å². The zero-order valence-corrected chi connectivity index (χ0v) is 21.7. The van der Waals surface area contributed by atoms with Gasteiger partial charge in [-0.25, -0.2) is 0 Å². The van der Waals surface area contributed by atoms with Gasteiger partial charge in [0.25, 0.3) is 0 Å². The van der Waals surface area contributed by atoms with E-state index in [0.717, 1.165) is 57.2 Å². The SMILES string of the molecule is CCNC(=NCCCc1nnc2n1CCCCC2)N1CC2(CCCC2)c2ccccc21.I. The summed E-state index contributed by atoms with van der Waals surface area (Å²) < 4.78 is 2.36. The summed E-state index contributed by atoms with van der Waals surface area (Å²) in [4.78, 5) is 7.50. The van der Waals surface area contributed by atoms with E-state index in [1.165, 1.54) is 62.0 Å². The lowest BCUT2D eigenvalue weighted by Crippen LogP contribution is -2.43. The lowest BCUT2D eigenvalue weighted by atomic mass is 9.81. The van der Waals surface area contributed by atoms with Crippen molar-refractivity contribution in [3.05, 3.63) is 41.5 Å². The van der Waals surface area contributed by atoms with Crippen molar-refractivity contribution in [1.29, 1.82) is 0 Å². The summed E-state index contributed by atoms with van der Waals surface area (Å²) in [5, 5.41) is 12.5. The Hall–Kier alpha value is -1.64. The summed E-state index contributed by atoms with van der Waals surface area (Å²) in [7, 11) is 0. The van der Waals surface area contributed by atoms with E-state index >= 15 is 0 Å². The van der Waals surface area contributed by atoms with Gasteiger partial charge in [-0.3, -0.25) is 4.99 Å². The Morgan fingerprint density at radius 2 is 1.94 bits per heavy atom. The minimum absolute atomic E-state index is 0. The zero-order valence-electron chi connectivity index (χ0n) is 19.4. The van der Waals surface area contributed by atoms with Gasteiger partial charge in [0, 0.05) is 50.1 Å². The van der Waals surface area contributed by atoms with Crippen LogP contribution in [0.2, 0.25) is 0 Å². The molecule has 0 radical (unpaired) electrons. The number of aryl methyl sites for hydroxylation is 2. The Kier molecular flexibility index (Phi) is 7.74. The normalized spacial score (nSPS) is 19.4. The first kappa shape index (κ1) is 23.5. The quantitative estimate of drug-likeness (QED) is 0.251. The molecule has 1 aliphatic carbocycles. The molecule has 0 atom stereocenters. The average Bonchev–Trinajstić information content (AvgIpc) is 3.45. The van der Waals surface area contributed by atoms with E-state index in [9.17, 15) is 0 Å². The molecule has 0 unspecified atom stereocenters. The largest absolute Gasteiger partial charge is 0.356 e. The number of hydrogen-bond donors (Lipinski definition) is 1. The molecule has 1 fully saturated rings. The molecule has 3 aliphatic rings.